The Bertz CT molecular complexity index is 644. The second kappa shape index (κ2) is 8.61. The molecule has 1 saturated heterocycles. The average Bonchev–Trinajstić information content (AvgIpc) is 3.09. The van der Waals surface area contributed by atoms with Crippen LogP contribution in [0.5, 0.6) is 0 Å². The molecule has 0 aromatic heterocycles. The Hall–Kier alpha value is -1.28. The summed E-state index contributed by atoms with van der Waals surface area (Å²) in [5, 5.41) is 21.6. The number of hydrogen-bond acceptors (Lipinski definition) is 6. The monoisotopic (exact) mass is 390 g/mol. The molecule has 2 N–H and O–H groups in total. The first-order chi connectivity index (χ1) is 13.6. The van der Waals surface area contributed by atoms with Gasteiger partial charge in [0.05, 0.1) is 13.2 Å². The molecule has 0 amide bonds. The van der Waals surface area contributed by atoms with Gasteiger partial charge in [0, 0.05) is 12.8 Å². The van der Waals surface area contributed by atoms with Crippen molar-refractivity contribution in [3.05, 3.63) is 48.6 Å². The van der Waals surface area contributed by atoms with Crippen LogP contribution < -0.4 is 0 Å². The lowest BCUT2D eigenvalue weighted by Crippen LogP contribution is -2.64. The van der Waals surface area contributed by atoms with Crippen LogP contribution in [0.4, 0.5) is 0 Å². The number of rotatable bonds is 6. The highest BCUT2D eigenvalue weighted by molar-refractivity contribution is 5.14. The number of hydrogen-bond donors (Lipinski definition) is 2. The van der Waals surface area contributed by atoms with Crippen molar-refractivity contribution in [2.24, 2.45) is 0 Å². The summed E-state index contributed by atoms with van der Waals surface area (Å²) in [5.74, 6) is -0.682. The average molecular weight is 390 g/mol. The lowest BCUT2D eigenvalue weighted by molar-refractivity contribution is -0.223. The van der Waals surface area contributed by atoms with Crippen LogP contribution in [0.2, 0.25) is 0 Å². The minimum absolute atomic E-state index is 0.304. The summed E-state index contributed by atoms with van der Waals surface area (Å²) in [6.07, 6.45) is 1.88. The van der Waals surface area contributed by atoms with E-state index in [0.717, 1.165) is 37.7 Å². The molecule has 4 rings (SSSR count). The van der Waals surface area contributed by atoms with Gasteiger partial charge in [0.2, 0.25) is 0 Å². The van der Waals surface area contributed by atoms with Gasteiger partial charge in [-0.05, 0) is 18.4 Å². The molecule has 1 aromatic rings. The fraction of sp³-hybridized carbons (Fsp3) is 0.636. The summed E-state index contributed by atoms with van der Waals surface area (Å²) in [7, 11) is 0. The van der Waals surface area contributed by atoms with E-state index in [2.05, 4.69) is 6.58 Å². The van der Waals surface area contributed by atoms with Gasteiger partial charge >= 0.3 is 0 Å². The second-order valence-electron chi connectivity index (χ2n) is 7.97. The van der Waals surface area contributed by atoms with Crippen LogP contribution >= 0.6 is 0 Å². The molecule has 28 heavy (non-hydrogen) atoms. The fourth-order valence-corrected chi connectivity index (χ4v) is 4.60. The van der Waals surface area contributed by atoms with Crippen molar-refractivity contribution in [2.45, 2.75) is 81.1 Å². The van der Waals surface area contributed by atoms with Gasteiger partial charge in [-0.25, -0.2) is 0 Å². The molecule has 3 fully saturated rings. The van der Waals surface area contributed by atoms with Gasteiger partial charge < -0.3 is 29.2 Å². The molecule has 1 aliphatic heterocycles. The van der Waals surface area contributed by atoms with Crippen LogP contribution in [0.1, 0.15) is 37.7 Å². The van der Waals surface area contributed by atoms with E-state index in [4.69, 9.17) is 18.9 Å². The molecule has 6 atom stereocenters. The number of ether oxygens (including phenoxy) is 4. The molecular weight excluding hydrogens is 360 g/mol. The van der Waals surface area contributed by atoms with Crippen LogP contribution in [-0.4, -0.2) is 59.2 Å². The van der Waals surface area contributed by atoms with Crippen LogP contribution in [0.3, 0.4) is 0 Å². The molecule has 2 saturated carbocycles. The van der Waals surface area contributed by atoms with Crippen molar-refractivity contribution >= 4 is 0 Å². The first kappa shape index (κ1) is 20.0. The van der Waals surface area contributed by atoms with E-state index >= 15 is 0 Å². The predicted octanol–water partition coefficient (Wildman–Crippen LogP) is 2.32. The van der Waals surface area contributed by atoms with Crippen LogP contribution in [0.25, 0.3) is 0 Å². The molecule has 0 radical (unpaired) electrons. The summed E-state index contributed by atoms with van der Waals surface area (Å²) < 4.78 is 24.6. The maximum absolute atomic E-state index is 10.8. The SMILES string of the molecule is C=CCO[C@H]1[C@H]2OC3(CCCCC3)O[C@H]2[C@H](O)[C@@H](O)[C@@H]1OCc1ccccc1. The molecule has 3 aliphatic rings. The fourth-order valence-electron chi connectivity index (χ4n) is 4.60. The highest BCUT2D eigenvalue weighted by Crippen LogP contribution is 2.46. The second-order valence-corrected chi connectivity index (χ2v) is 7.97. The Morgan fingerprint density at radius 1 is 0.964 bits per heavy atom. The van der Waals surface area contributed by atoms with Crippen LogP contribution in [0, 0.1) is 0 Å². The van der Waals surface area contributed by atoms with E-state index in [0.29, 0.717) is 13.2 Å². The van der Waals surface area contributed by atoms with Crippen molar-refractivity contribution in [3.63, 3.8) is 0 Å². The van der Waals surface area contributed by atoms with Gasteiger partial charge in [0.25, 0.3) is 0 Å². The molecule has 6 heteroatoms. The highest BCUT2D eigenvalue weighted by atomic mass is 16.8. The minimum atomic E-state index is -1.12. The molecule has 1 aromatic carbocycles. The minimum Gasteiger partial charge on any atom is -0.387 e. The standard InChI is InChI=1S/C22H30O6/c1-2-13-25-20-18(26-14-15-9-5-3-6-10-15)16(23)17(24)19-21(20)28-22(27-19)11-7-4-8-12-22/h2-3,5-6,9-10,16-21,23-24H,1,4,7-8,11-14H2/t16-,17-,18+,19+,20-,21+/m1/s1. The van der Waals surface area contributed by atoms with Gasteiger partial charge in [-0.15, -0.1) is 6.58 Å². The van der Waals surface area contributed by atoms with Gasteiger partial charge in [-0.2, -0.15) is 0 Å². The number of aliphatic hydroxyl groups excluding tert-OH is 2. The zero-order chi connectivity index (χ0) is 19.6. The summed E-state index contributed by atoms with van der Waals surface area (Å²) in [4.78, 5) is 0. The van der Waals surface area contributed by atoms with Gasteiger partial charge in [-0.1, -0.05) is 42.8 Å². The van der Waals surface area contributed by atoms with Crippen molar-refractivity contribution in [1.82, 2.24) is 0 Å². The Morgan fingerprint density at radius 3 is 2.39 bits per heavy atom. The van der Waals surface area contributed by atoms with E-state index in [1.165, 1.54) is 0 Å². The first-order valence-electron chi connectivity index (χ1n) is 10.2. The lowest BCUT2D eigenvalue weighted by Gasteiger charge is -2.43. The predicted molar refractivity (Wildman–Crippen MR) is 103 cm³/mol. The Balaban J connectivity index is 1.54. The van der Waals surface area contributed by atoms with Crippen molar-refractivity contribution < 1.29 is 29.2 Å². The zero-order valence-electron chi connectivity index (χ0n) is 16.1. The third-order valence-corrected chi connectivity index (χ3v) is 6.00. The topological polar surface area (TPSA) is 77.4 Å². The molecule has 154 valence electrons. The number of fused-ring (bicyclic) bond motifs is 1. The third-order valence-electron chi connectivity index (χ3n) is 6.00. The Labute approximate surface area is 166 Å². The molecule has 0 bridgehead atoms. The maximum Gasteiger partial charge on any atom is 0.169 e. The third kappa shape index (κ3) is 3.90. The summed E-state index contributed by atoms with van der Waals surface area (Å²) in [6, 6.07) is 9.73. The van der Waals surface area contributed by atoms with E-state index in [-0.39, 0.29) is 0 Å². The molecule has 6 nitrogen and oxygen atoms in total. The van der Waals surface area contributed by atoms with Crippen molar-refractivity contribution in [2.75, 3.05) is 6.61 Å². The van der Waals surface area contributed by atoms with Gasteiger partial charge in [-0.3, -0.25) is 0 Å². The number of aliphatic hydroxyl groups is 2. The molecular formula is C22H30O6. The maximum atomic E-state index is 10.8. The van der Waals surface area contributed by atoms with Gasteiger partial charge in [0.15, 0.2) is 5.79 Å². The van der Waals surface area contributed by atoms with Crippen LogP contribution in [-0.2, 0) is 25.6 Å². The Morgan fingerprint density at radius 2 is 1.68 bits per heavy atom. The smallest absolute Gasteiger partial charge is 0.169 e. The molecule has 1 heterocycles. The lowest BCUT2D eigenvalue weighted by atomic mass is 9.84. The first-order valence-corrected chi connectivity index (χ1v) is 10.2. The quantitative estimate of drug-likeness (QED) is 0.726. The largest absolute Gasteiger partial charge is 0.387 e. The Kier molecular flexibility index (Phi) is 6.16. The van der Waals surface area contributed by atoms with E-state index in [1.807, 2.05) is 30.3 Å². The molecule has 1 spiro atoms. The molecule has 2 aliphatic carbocycles. The number of benzene rings is 1. The van der Waals surface area contributed by atoms with E-state index in [1.54, 1.807) is 6.08 Å². The summed E-state index contributed by atoms with van der Waals surface area (Å²) >= 11 is 0. The van der Waals surface area contributed by atoms with Crippen molar-refractivity contribution in [3.8, 4) is 0 Å². The normalized spacial score (nSPS) is 36.9. The zero-order valence-corrected chi connectivity index (χ0v) is 16.1. The summed E-state index contributed by atoms with van der Waals surface area (Å²) in [6.45, 7) is 4.33. The molecule has 0 unspecified atom stereocenters. The van der Waals surface area contributed by atoms with Crippen LogP contribution in [0.15, 0.2) is 43.0 Å². The van der Waals surface area contributed by atoms with Gasteiger partial charge in [0.1, 0.15) is 36.6 Å². The van der Waals surface area contributed by atoms with E-state index in [9.17, 15) is 10.2 Å². The van der Waals surface area contributed by atoms with Crippen molar-refractivity contribution in [1.29, 1.82) is 0 Å². The highest BCUT2D eigenvalue weighted by Gasteiger charge is 2.60. The summed E-state index contributed by atoms with van der Waals surface area (Å²) in [5.41, 5.74) is 0.987. The van der Waals surface area contributed by atoms with E-state index < -0.39 is 42.4 Å².